The van der Waals surface area contributed by atoms with Gasteiger partial charge >= 0.3 is 10.2 Å². The molecule has 19 heavy (non-hydrogen) atoms. The molecule has 2 N–H and O–H groups in total. The highest BCUT2D eigenvalue weighted by Crippen LogP contribution is 2.03. The normalized spacial score (nSPS) is 15.4. The maximum atomic E-state index is 11.8. The van der Waals surface area contributed by atoms with Gasteiger partial charge in [-0.25, -0.2) is 4.72 Å². The zero-order chi connectivity index (χ0) is 13.7. The van der Waals surface area contributed by atoms with Crippen molar-refractivity contribution in [1.82, 2.24) is 9.44 Å². The van der Waals surface area contributed by atoms with Gasteiger partial charge in [-0.3, -0.25) is 4.79 Å². The van der Waals surface area contributed by atoms with Gasteiger partial charge in [-0.1, -0.05) is 42.5 Å². The van der Waals surface area contributed by atoms with E-state index >= 15 is 0 Å². The maximum Gasteiger partial charge on any atom is 0.302 e. The topological polar surface area (TPSA) is 75.3 Å². The minimum atomic E-state index is -3.88. The summed E-state index contributed by atoms with van der Waals surface area (Å²) in [5, 5.41) is 0. The first-order valence-corrected chi connectivity index (χ1v) is 7.28. The molecule has 0 atom stereocenters. The van der Waals surface area contributed by atoms with Gasteiger partial charge in [-0.2, -0.15) is 13.1 Å². The van der Waals surface area contributed by atoms with E-state index in [1.807, 2.05) is 16.9 Å². The molecule has 1 aliphatic rings. The zero-order valence-electron chi connectivity index (χ0n) is 10.1. The van der Waals surface area contributed by atoms with Crippen molar-refractivity contribution in [2.45, 2.75) is 12.5 Å². The molecule has 1 aromatic carbocycles. The summed E-state index contributed by atoms with van der Waals surface area (Å²) in [5.41, 5.74) is 0.294. The second kappa shape index (κ2) is 5.81. The number of hydrogen-bond donors (Lipinski definition) is 2. The van der Waals surface area contributed by atoms with E-state index < -0.39 is 22.2 Å². The summed E-state index contributed by atoms with van der Waals surface area (Å²) < 4.78 is 27.9. The molecule has 0 heterocycles. The zero-order valence-corrected chi connectivity index (χ0v) is 10.9. The highest BCUT2D eigenvalue weighted by Gasteiger charge is 2.18. The molecule has 1 aliphatic carbocycles. The monoisotopic (exact) mass is 278 g/mol. The van der Waals surface area contributed by atoms with Gasteiger partial charge in [0.1, 0.15) is 0 Å². The number of rotatable bonds is 4. The summed E-state index contributed by atoms with van der Waals surface area (Å²) in [5.74, 6) is -0.656. The molecule has 0 saturated heterocycles. The Morgan fingerprint density at radius 3 is 2.37 bits per heavy atom. The molecule has 2 rings (SSSR count). The molecule has 5 nitrogen and oxygen atoms in total. The van der Waals surface area contributed by atoms with Crippen LogP contribution in [0.3, 0.4) is 0 Å². The van der Waals surface area contributed by atoms with E-state index in [2.05, 4.69) is 4.72 Å². The quantitative estimate of drug-likeness (QED) is 0.811. The lowest BCUT2D eigenvalue weighted by atomic mass is 10.1. The highest BCUT2D eigenvalue weighted by molar-refractivity contribution is 7.88. The Balaban J connectivity index is 2.01. The fourth-order valence-corrected chi connectivity index (χ4v) is 2.59. The van der Waals surface area contributed by atoms with Gasteiger partial charge in [0, 0.05) is 5.56 Å². The Morgan fingerprint density at radius 1 is 1.11 bits per heavy atom. The highest BCUT2D eigenvalue weighted by atomic mass is 32.2. The van der Waals surface area contributed by atoms with Crippen LogP contribution in [0.4, 0.5) is 0 Å². The smallest absolute Gasteiger partial charge is 0.268 e. The number of amides is 1. The Morgan fingerprint density at radius 2 is 1.74 bits per heavy atom. The molecule has 0 unspecified atom stereocenters. The third-order valence-electron chi connectivity index (χ3n) is 2.51. The van der Waals surface area contributed by atoms with E-state index in [9.17, 15) is 13.2 Å². The van der Waals surface area contributed by atoms with Gasteiger partial charge in [0.05, 0.1) is 6.04 Å². The third-order valence-corrected chi connectivity index (χ3v) is 3.55. The summed E-state index contributed by atoms with van der Waals surface area (Å²) in [6.45, 7) is 0. The van der Waals surface area contributed by atoms with Crippen LogP contribution in [-0.2, 0) is 10.2 Å². The van der Waals surface area contributed by atoms with Crippen LogP contribution in [0.15, 0.2) is 54.6 Å². The molecule has 0 aliphatic heterocycles. The van der Waals surface area contributed by atoms with Crippen LogP contribution in [0.25, 0.3) is 0 Å². The third kappa shape index (κ3) is 4.04. The van der Waals surface area contributed by atoms with E-state index in [0.29, 0.717) is 5.56 Å². The number of hydrogen-bond acceptors (Lipinski definition) is 3. The van der Waals surface area contributed by atoms with Crippen molar-refractivity contribution in [3.8, 4) is 0 Å². The van der Waals surface area contributed by atoms with E-state index in [-0.39, 0.29) is 0 Å². The fourth-order valence-electron chi connectivity index (χ4n) is 1.65. The Hall–Kier alpha value is -1.92. The minimum Gasteiger partial charge on any atom is -0.268 e. The van der Waals surface area contributed by atoms with Gasteiger partial charge in [0.25, 0.3) is 5.91 Å². The first-order chi connectivity index (χ1) is 9.07. The van der Waals surface area contributed by atoms with Crippen LogP contribution >= 0.6 is 0 Å². The molecule has 1 aromatic rings. The first-order valence-electron chi connectivity index (χ1n) is 5.79. The van der Waals surface area contributed by atoms with Gasteiger partial charge in [-0.15, -0.1) is 0 Å². The summed E-state index contributed by atoms with van der Waals surface area (Å²) in [6, 6.07) is 7.76. The molecule has 0 aromatic heterocycles. The van der Waals surface area contributed by atoms with Crippen LogP contribution in [0.1, 0.15) is 16.8 Å². The molecular weight excluding hydrogens is 264 g/mol. The van der Waals surface area contributed by atoms with E-state index in [1.165, 1.54) is 0 Å². The van der Waals surface area contributed by atoms with Gasteiger partial charge < -0.3 is 0 Å². The van der Waals surface area contributed by atoms with Crippen LogP contribution in [-0.4, -0.2) is 20.4 Å². The SMILES string of the molecule is O=C(NS(=O)(=O)NC1C=CCC=C1)c1ccccc1. The molecule has 0 spiro atoms. The van der Waals surface area contributed by atoms with Gasteiger partial charge in [0.2, 0.25) is 0 Å². The lowest BCUT2D eigenvalue weighted by Gasteiger charge is -2.14. The van der Waals surface area contributed by atoms with Crippen molar-refractivity contribution in [3.05, 3.63) is 60.2 Å². The Bertz CT molecular complexity index is 594. The average molecular weight is 278 g/mol. The predicted octanol–water partition coefficient (Wildman–Crippen LogP) is 1.14. The van der Waals surface area contributed by atoms with Crippen LogP contribution in [0.2, 0.25) is 0 Å². The molecule has 1 amide bonds. The number of benzene rings is 1. The molecule has 0 saturated carbocycles. The second-order valence-electron chi connectivity index (χ2n) is 4.04. The lowest BCUT2D eigenvalue weighted by molar-refractivity contribution is 0.0981. The van der Waals surface area contributed by atoms with E-state index in [1.54, 1.807) is 42.5 Å². The molecule has 0 fully saturated rings. The second-order valence-corrected chi connectivity index (χ2v) is 5.48. The molecule has 6 heteroatoms. The van der Waals surface area contributed by atoms with Crippen molar-refractivity contribution in [3.63, 3.8) is 0 Å². The molecular formula is C13H14N2O3S. The summed E-state index contributed by atoms with van der Waals surface area (Å²) in [6.07, 6.45) is 7.95. The van der Waals surface area contributed by atoms with Gasteiger partial charge in [-0.05, 0) is 18.6 Å². The van der Waals surface area contributed by atoms with Crippen molar-refractivity contribution < 1.29 is 13.2 Å². The van der Waals surface area contributed by atoms with Crippen LogP contribution < -0.4 is 9.44 Å². The van der Waals surface area contributed by atoms with Crippen molar-refractivity contribution in [2.24, 2.45) is 0 Å². The average Bonchev–Trinajstić information content (AvgIpc) is 2.39. The predicted molar refractivity (Wildman–Crippen MR) is 72.6 cm³/mol. The number of carbonyl (C=O) groups excluding carboxylic acids is 1. The largest absolute Gasteiger partial charge is 0.302 e. The van der Waals surface area contributed by atoms with Crippen molar-refractivity contribution in [1.29, 1.82) is 0 Å². The standard InChI is InChI=1S/C13H14N2O3S/c16-13(11-7-3-1-4-8-11)15-19(17,18)14-12-9-5-2-6-10-12/h1,3-10,12,14H,2H2,(H,15,16). The Kier molecular flexibility index (Phi) is 4.13. The van der Waals surface area contributed by atoms with E-state index in [4.69, 9.17) is 0 Å². The fraction of sp³-hybridized carbons (Fsp3) is 0.154. The number of allylic oxidation sites excluding steroid dienone is 2. The van der Waals surface area contributed by atoms with E-state index in [0.717, 1.165) is 6.42 Å². The van der Waals surface area contributed by atoms with Crippen molar-refractivity contribution >= 4 is 16.1 Å². The van der Waals surface area contributed by atoms with Crippen LogP contribution in [0, 0.1) is 0 Å². The summed E-state index contributed by atoms with van der Waals surface area (Å²) in [7, 11) is -3.88. The molecule has 0 bridgehead atoms. The number of carbonyl (C=O) groups is 1. The molecule has 100 valence electrons. The summed E-state index contributed by atoms with van der Waals surface area (Å²) in [4.78, 5) is 11.7. The summed E-state index contributed by atoms with van der Waals surface area (Å²) >= 11 is 0. The van der Waals surface area contributed by atoms with Crippen molar-refractivity contribution in [2.75, 3.05) is 0 Å². The van der Waals surface area contributed by atoms with Gasteiger partial charge in [0.15, 0.2) is 0 Å². The minimum absolute atomic E-state index is 0.294. The van der Waals surface area contributed by atoms with Crippen LogP contribution in [0.5, 0.6) is 0 Å². The lowest BCUT2D eigenvalue weighted by Crippen LogP contribution is -2.44. The first kappa shape index (κ1) is 13.5. The molecule has 0 radical (unpaired) electrons. The maximum absolute atomic E-state index is 11.8. The Labute approximate surface area is 112 Å². The number of nitrogens with one attached hydrogen (secondary N) is 2.